The van der Waals surface area contributed by atoms with Crippen molar-refractivity contribution in [2.24, 2.45) is 0 Å². The normalized spacial score (nSPS) is 20.3. The highest BCUT2D eigenvalue weighted by Gasteiger charge is 2.46. The highest BCUT2D eigenvalue weighted by molar-refractivity contribution is 5.54. The van der Waals surface area contributed by atoms with Gasteiger partial charge in [0.1, 0.15) is 31.3 Å². The molecule has 0 bridgehead atoms. The molecule has 0 N–H and O–H groups in total. The number of aromatic nitrogens is 6. The van der Waals surface area contributed by atoms with Crippen molar-refractivity contribution in [1.82, 2.24) is 29.3 Å². The average Bonchev–Trinajstić information content (AvgIpc) is 3.93. The summed E-state index contributed by atoms with van der Waals surface area (Å²) < 4.78 is 22.0. The van der Waals surface area contributed by atoms with E-state index < -0.39 is 5.79 Å². The smallest absolute Gasteiger partial charge is 0.350 e. The molecule has 2 aromatic heterocycles. The molecule has 3 atom stereocenters. The molecule has 13 nitrogen and oxygen atoms in total. The van der Waals surface area contributed by atoms with Crippen molar-refractivity contribution in [2.45, 2.75) is 58.6 Å². The third kappa shape index (κ3) is 7.98. The predicted octanol–water partition coefficient (Wildman–Crippen LogP) is 5.09. The van der Waals surface area contributed by atoms with Gasteiger partial charge in [-0.15, -0.1) is 0 Å². The molecule has 2 saturated heterocycles. The van der Waals surface area contributed by atoms with Gasteiger partial charge in [0.2, 0.25) is 5.79 Å². The first-order chi connectivity index (χ1) is 24.7. The quantitative estimate of drug-likeness (QED) is 0.138. The Morgan fingerprint density at radius 2 is 1.61 bits per heavy atom. The number of rotatable bonds is 13. The number of ether oxygens (including phenoxy) is 3. The number of hydrogen-bond acceptors (Lipinski definition) is 10. The van der Waals surface area contributed by atoms with Gasteiger partial charge in [0.05, 0.1) is 36.8 Å². The maximum absolute atomic E-state index is 12.8. The lowest BCUT2D eigenvalue weighted by Gasteiger charge is -2.37. The van der Waals surface area contributed by atoms with Crippen LogP contribution >= 0.6 is 0 Å². The maximum Gasteiger partial charge on any atom is 0.350 e. The zero-order valence-corrected chi connectivity index (χ0v) is 29.7. The second kappa shape index (κ2) is 15.6. The third-order valence-electron chi connectivity index (χ3n) is 9.48. The summed E-state index contributed by atoms with van der Waals surface area (Å²) in [7, 11) is 0. The molecule has 266 valence electrons. The van der Waals surface area contributed by atoms with Crippen molar-refractivity contribution in [1.29, 1.82) is 5.26 Å². The summed E-state index contributed by atoms with van der Waals surface area (Å²) in [5.74, 6) is -0.430. The Hall–Kier alpha value is -5.45. The Bertz CT molecular complexity index is 1950. The Labute approximate surface area is 298 Å². The maximum atomic E-state index is 12.8. The van der Waals surface area contributed by atoms with Crippen LogP contribution in [-0.4, -0.2) is 80.6 Å². The van der Waals surface area contributed by atoms with Crippen LogP contribution in [0.1, 0.15) is 40.2 Å². The molecule has 0 aliphatic carbocycles. The Morgan fingerprint density at radius 3 is 2.22 bits per heavy atom. The standard InChI is InChI=1S/C38H45N9O4/c1-6-30(4)47-37(48)45(27-42-47)34-11-9-32(10-12-34)43-19-21-44(22-20-43)33-13-15-35(16-14-33)49-24-36-25-50-38(51-36,26-46-40-17-18-41-46)31(5)29(3)8-7-28(2)23-39/h7-18,27,30,36H,5-6,19-22,24-26H2,1-4H3/b28-7+,29-8-/t30?,36-,38-/m1/s1. The SMILES string of the molecule is C=C(/C(C)=C\C=C(/C)C#N)[C@]1(Cn2nccn2)OC[C@@H](COc2ccc(N3CCN(c4ccc(-n5cnn(C(C)CC)c5=O)cc4)CC3)cc2)O1. The molecule has 0 spiro atoms. The minimum Gasteiger partial charge on any atom is -0.491 e. The molecule has 2 aliphatic rings. The van der Waals surface area contributed by atoms with Crippen LogP contribution in [-0.2, 0) is 16.0 Å². The van der Waals surface area contributed by atoms with E-state index in [0.29, 0.717) is 24.4 Å². The van der Waals surface area contributed by atoms with Crippen LogP contribution in [0.3, 0.4) is 0 Å². The predicted molar refractivity (Wildman–Crippen MR) is 195 cm³/mol. The molecule has 2 fully saturated rings. The third-order valence-corrected chi connectivity index (χ3v) is 9.48. The molecule has 51 heavy (non-hydrogen) atoms. The van der Waals surface area contributed by atoms with E-state index in [-0.39, 0.29) is 24.4 Å². The summed E-state index contributed by atoms with van der Waals surface area (Å²) in [5, 5.41) is 21.9. The van der Waals surface area contributed by atoms with Crippen molar-refractivity contribution in [3.63, 3.8) is 0 Å². The van der Waals surface area contributed by atoms with Gasteiger partial charge >= 0.3 is 5.69 Å². The number of anilines is 2. The van der Waals surface area contributed by atoms with Crippen LogP contribution < -0.4 is 20.2 Å². The van der Waals surface area contributed by atoms with E-state index in [4.69, 9.17) is 19.5 Å². The molecular formula is C38H45N9O4. The minimum atomic E-state index is -1.17. The van der Waals surface area contributed by atoms with Crippen LogP contribution in [0.4, 0.5) is 11.4 Å². The lowest BCUT2D eigenvalue weighted by Crippen LogP contribution is -2.46. The summed E-state index contributed by atoms with van der Waals surface area (Å²) in [4.78, 5) is 19.1. The molecular weight excluding hydrogens is 646 g/mol. The van der Waals surface area contributed by atoms with Gasteiger partial charge in [-0.05, 0) is 87.4 Å². The largest absolute Gasteiger partial charge is 0.491 e. The Morgan fingerprint density at radius 1 is 1.00 bits per heavy atom. The Balaban J connectivity index is 1.01. The molecule has 2 aromatic carbocycles. The summed E-state index contributed by atoms with van der Waals surface area (Å²) in [6.45, 7) is 16.3. The van der Waals surface area contributed by atoms with Crippen molar-refractivity contribution in [3.05, 3.63) is 113 Å². The van der Waals surface area contributed by atoms with E-state index in [1.165, 1.54) is 9.48 Å². The van der Waals surface area contributed by atoms with Gasteiger partial charge in [-0.2, -0.15) is 25.4 Å². The molecule has 4 heterocycles. The Kier molecular flexibility index (Phi) is 10.8. The summed E-state index contributed by atoms with van der Waals surface area (Å²) in [6.07, 6.45) is 8.90. The van der Waals surface area contributed by atoms with Gasteiger partial charge in [0, 0.05) is 48.7 Å². The second-order valence-electron chi connectivity index (χ2n) is 12.9. The molecule has 0 radical (unpaired) electrons. The van der Waals surface area contributed by atoms with E-state index in [1.54, 1.807) is 36.3 Å². The van der Waals surface area contributed by atoms with Crippen LogP contribution in [0.25, 0.3) is 5.69 Å². The van der Waals surface area contributed by atoms with Crippen molar-refractivity contribution in [2.75, 3.05) is 49.2 Å². The molecule has 2 aliphatic heterocycles. The van der Waals surface area contributed by atoms with Crippen LogP contribution in [0.15, 0.2) is 107 Å². The minimum absolute atomic E-state index is 0.0619. The first-order valence-corrected chi connectivity index (χ1v) is 17.3. The van der Waals surface area contributed by atoms with Gasteiger partial charge in [0.25, 0.3) is 0 Å². The summed E-state index contributed by atoms with van der Waals surface area (Å²) in [6, 6.07) is 18.4. The molecule has 13 heteroatoms. The second-order valence-corrected chi connectivity index (χ2v) is 12.9. The van der Waals surface area contributed by atoms with Crippen molar-refractivity contribution < 1.29 is 14.2 Å². The zero-order valence-electron chi connectivity index (χ0n) is 29.7. The van der Waals surface area contributed by atoms with E-state index in [0.717, 1.165) is 61.0 Å². The highest BCUT2D eigenvalue weighted by Crippen LogP contribution is 2.36. The zero-order chi connectivity index (χ0) is 36.0. The van der Waals surface area contributed by atoms with E-state index in [2.05, 4.69) is 62.0 Å². The van der Waals surface area contributed by atoms with Gasteiger partial charge in [-0.1, -0.05) is 19.6 Å². The van der Waals surface area contributed by atoms with Crippen LogP contribution in [0.5, 0.6) is 5.75 Å². The fourth-order valence-electron chi connectivity index (χ4n) is 6.14. The fourth-order valence-corrected chi connectivity index (χ4v) is 6.14. The number of nitrogens with zero attached hydrogens (tertiary/aromatic N) is 9. The summed E-state index contributed by atoms with van der Waals surface area (Å²) in [5.41, 5.74) is 5.01. The number of benzene rings is 2. The monoisotopic (exact) mass is 691 g/mol. The fraction of sp³-hybridized carbons (Fsp3) is 0.395. The first kappa shape index (κ1) is 35.4. The van der Waals surface area contributed by atoms with E-state index in [9.17, 15) is 4.79 Å². The number of nitriles is 1. The lowest BCUT2D eigenvalue weighted by atomic mass is 9.99. The van der Waals surface area contributed by atoms with Crippen molar-refractivity contribution >= 4 is 11.4 Å². The van der Waals surface area contributed by atoms with Crippen LogP contribution in [0, 0.1) is 11.3 Å². The van der Waals surface area contributed by atoms with Crippen molar-refractivity contribution in [3.8, 4) is 17.5 Å². The lowest BCUT2D eigenvalue weighted by molar-refractivity contribution is -0.152. The van der Waals surface area contributed by atoms with E-state index >= 15 is 0 Å². The number of allylic oxidation sites excluding steroid dienone is 3. The van der Waals surface area contributed by atoms with Gasteiger partial charge in [0.15, 0.2) is 0 Å². The van der Waals surface area contributed by atoms with Crippen LogP contribution in [0.2, 0.25) is 0 Å². The molecule has 0 amide bonds. The topological polar surface area (TPSA) is 128 Å². The molecule has 1 unspecified atom stereocenters. The van der Waals surface area contributed by atoms with Gasteiger partial charge < -0.3 is 24.0 Å². The van der Waals surface area contributed by atoms with E-state index in [1.807, 2.05) is 51.1 Å². The molecule has 6 rings (SSSR count). The number of hydrogen-bond donors (Lipinski definition) is 0. The molecule has 0 saturated carbocycles. The first-order valence-electron chi connectivity index (χ1n) is 17.3. The average molecular weight is 692 g/mol. The molecule has 4 aromatic rings. The number of piperazine rings is 1. The summed E-state index contributed by atoms with van der Waals surface area (Å²) >= 11 is 0. The highest BCUT2D eigenvalue weighted by atomic mass is 16.8. The van der Waals surface area contributed by atoms with Gasteiger partial charge in [-0.3, -0.25) is 0 Å². The van der Waals surface area contributed by atoms with Gasteiger partial charge in [-0.25, -0.2) is 14.0 Å².